The Morgan fingerprint density at radius 2 is 2.04 bits per heavy atom. The summed E-state index contributed by atoms with van der Waals surface area (Å²) in [6, 6.07) is 14.5. The largest absolute Gasteiger partial charge is 0.484 e. The third kappa shape index (κ3) is 4.36. The molecule has 1 saturated heterocycles. The number of likely N-dealkylation sites (tertiary alicyclic amines) is 1. The lowest BCUT2D eigenvalue weighted by molar-refractivity contribution is -0.134. The Morgan fingerprint density at radius 3 is 2.83 bits per heavy atom. The van der Waals surface area contributed by atoms with Crippen LogP contribution in [0.3, 0.4) is 0 Å². The van der Waals surface area contributed by atoms with Crippen LogP contribution in [0.25, 0.3) is 10.8 Å². The molecular weight excluding hydrogens is 312 g/mol. The number of hydrogen-bond acceptors (Lipinski definition) is 3. The van der Waals surface area contributed by atoms with E-state index in [4.69, 9.17) is 4.74 Å². The number of carbonyl (C=O) groups excluding carboxylic acids is 1. The fraction of sp³-hybridized carbons (Fsp3) is 0.389. The van der Waals surface area contributed by atoms with Gasteiger partial charge in [-0.25, -0.2) is 0 Å². The van der Waals surface area contributed by atoms with Crippen LogP contribution < -0.4 is 10.1 Å². The molecule has 1 atom stereocenters. The summed E-state index contributed by atoms with van der Waals surface area (Å²) in [6.45, 7) is 1.71. The van der Waals surface area contributed by atoms with Gasteiger partial charge in [-0.3, -0.25) is 4.79 Å². The van der Waals surface area contributed by atoms with Gasteiger partial charge in [0.05, 0.1) is 0 Å². The third-order valence-corrected chi connectivity index (χ3v) is 4.27. The normalized spacial score (nSPS) is 17.6. The topological polar surface area (TPSA) is 41.6 Å². The number of halogens is 1. The fourth-order valence-corrected chi connectivity index (χ4v) is 2.93. The number of amides is 1. The number of nitrogens with one attached hydrogen (secondary N) is 1. The highest BCUT2D eigenvalue weighted by molar-refractivity contribution is 5.85. The maximum absolute atomic E-state index is 12.3. The lowest BCUT2D eigenvalue weighted by Gasteiger charge is -2.32. The van der Waals surface area contributed by atoms with E-state index in [-0.39, 0.29) is 24.9 Å². The number of nitrogens with zero attached hydrogens (tertiary/aromatic N) is 1. The molecule has 3 rings (SSSR count). The molecule has 1 N–H and O–H groups in total. The van der Waals surface area contributed by atoms with E-state index in [0.717, 1.165) is 37.1 Å². The highest BCUT2D eigenvalue weighted by atomic mass is 35.5. The van der Waals surface area contributed by atoms with E-state index in [0.29, 0.717) is 6.04 Å². The molecule has 0 radical (unpaired) electrons. The molecule has 1 aliphatic heterocycles. The van der Waals surface area contributed by atoms with Crippen LogP contribution in [-0.4, -0.2) is 43.6 Å². The summed E-state index contributed by atoms with van der Waals surface area (Å²) >= 11 is 0. The van der Waals surface area contributed by atoms with Crippen molar-refractivity contribution < 1.29 is 9.53 Å². The van der Waals surface area contributed by atoms with E-state index < -0.39 is 0 Å². The Morgan fingerprint density at radius 1 is 1.26 bits per heavy atom. The van der Waals surface area contributed by atoms with Crippen LogP contribution in [-0.2, 0) is 4.79 Å². The molecule has 0 aromatic heterocycles. The number of rotatable bonds is 4. The average molecular weight is 335 g/mol. The van der Waals surface area contributed by atoms with Crippen molar-refractivity contribution >= 4 is 29.1 Å². The van der Waals surface area contributed by atoms with Gasteiger partial charge in [0.2, 0.25) is 0 Å². The van der Waals surface area contributed by atoms with Gasteiger partial charge >= 0.3 is 0 Å². The molecule has 1 fully saturated rings. The summed E-state index contributed by atoms with van der Waals surface area (Å²) in [4.78, 5) is 14.2. The van der Waals surface area contributed by atoms with Gasteiger partial charge in [-0.15, -0.1) is 12.4 Å². The van der Waals surface area contributed by atoms with E-state index in [1.165, 1.54) is 5.39 Å². The quantitative estimate of drug-likeness (QED) is 0.934. The van der Waals surface area contributed by atoms with Crippen molar-refractivity contribution in [1.29, 1.82) is 0 Å². The molecule has 4 nitrogen and oxygen atoms in total. The minimum Gasteiger partial charge on any atom is -0.484 e. The molecule has 1 aliphatic rings. The standard InChI is InChI=1S/C18H22N2O2.ClH/c1-19-16-7-4-10-20(12-16)18(21)13-22-17-9-8-14-5-2-3-6-15(14)11-17;/h2-3,5-6,8-9,11,16,19H,4,7,10,12-13H2,1H3;1H. The number of carbonyl (C=O) groups is 1. The Balaban J connectivity index is 0.00000192. The number of hydrogen-bond donors (Lipinski definition) is 1. The highest BCUT2D eigenvalue weighted by Gasteiger charge is 2.22. The van der Waals surface area contributed by atoms with Gasteiger partial charge < -0.3 is 15.0 Å². The van der Waals surface area contributed by atoms with Crippen molar-refractivity contribution in [3.05, 3.63) is 42.5 Å². The molecule has 2 aromatic carbocycles. The summed E-state index contributed by atoms with van der Waals surface area (Å²) in [6.07, 6.45) is 2.18. The van der Waals surface area contributed by atoms with Crippen LogP contribution in [0.2, 0.25) is 0 Å². The second-order valence-corrected chi connectivity index (χ2v) is 5.77. The Kier molecular flexibility index (Phi) is 6.25. The molecule has 124 valence electrons. The zero-order valence-electron chi connectivity index (χ0n) is 13.3. The molecule has 2 aromatic rings. The Hall–Kier alpha value is -1.78. The van der Waals surface area contributed by atoms with Gasteiger partial charge in [0.1, 0.15) is 5.75 Å². The van der Waals surface area contributed by atoms with Gasteiger partial charge in [0.25, 0.3) is 5.91 Å². The maximum Gasteiger partial charge on any atom is 0.260 e. The van der Waals surface area contributed by atoms with Gasteiger partial charge in [-0.2, -0.15) is 0 Å². The molecule has 0 saturated carbocycles. The molecule has 0 bridgehead atoms. The summed E-state index contributed by atoms with van der Waals surface area (Å²) in [5.74, 6) is 0.808. The summed E-state index contributed by atoms with van der Waals surface area (Å²) in [5, 5.41) is 5.55. The smallest absolute Gasteiger partial charge is 0.260 e. The van der Waals surface area contributed by atoms with Crippen LogP contribution in [0.15, 0.2) is 42.5 Å². The van der Waals surface area contributed by atoms with E-state index in [1.54, 1.807) is 0 Å². The molecule has 0 spiro atoms. The van der Waals surface area contributed by atoms with Crippen molar-refractivity contribution in [3.8, 4) is 5.75 Å². The summed E-state index contributed by atoms with van der Waals surface area (Å²) < 4.78 is 5.69. The van der Waals surface area contributed by atoms with E-state index in [1.807, 2.05) is 48.3 Å². The van der Waals surface area contributed by atoms with E-state index in [2.05, 4.69) is 11.4 Å². The van der Waals surface area contributed by atoms with Crippen LogP contribution in [0.5, 0.6) is 5.75 Å². The molecule has 1 unspecified atom stereocenters. The molecule has 0 aliphatic carbocycles. The Bertz CT molecular complexity index is 662. The maximum atomic E-state index is 12.3. The van der Waals surface area contributed by atoms with Crippen molar-refractivity contribution in [1.82, 2.24) is 10.2 Å². The summed E-state index contributed by atoms with van der Waals surface area (Å²) in [5.41, 5.74) is 0. The SMILES string of the molecule is CNC1CCCN(C(=O)COc2ccc3ccccc3c2)C1.Cl. The average Bonchev–Trinajstić information content (AvgIpc) is 2.59. The first kappa shape index (κ1) is 17.6. The lowest BCUT2D eigenvalue weighted by Crippen LogP contribution is -2.48. The first-order chi connectivity index (χ1) is 10.8. The monoisotopic (exact) mass is 334 g/mol. The van der Waals surface area contributed by atoms with Crippen LogP contribution >= 0.6 is 12.4 Å². The third-order valence-electron chi connectivity index (χ3n) is 4.27. The number of fused-ring (bicyclic) bond motifs is 1. The minimum absolute atomic E-state index is 0. The Labute approximate surface area is 143 Å². The summed E-state index contributed by atoms with van der Waals surface area (Å²) in [7, 11) is 1.95. The number of benzene rings is 2. The minimum atomic E-state index is 0. The number of likely N-dealkylation sites (N-methyl/N-ethyl adjacent to an activating group) is 1. The molecule has 5 heteroatoms. The van der Waals surface area contributed by atoms with E-state index in [9.17, 15) is 4.79 Å². The van der Waals surface area contributed by atoms with Crippen LogP contribution in [0.1, 0.15) is 12.8 Å². The zero-order chi connectivity index (χ0) is 15.4. The van der Waals surface area contributed by atoms with Gasteiger partial charge in [-0.05, 0) is 42.8 Å². The molecular formula is C18H23ClN2O2. The first-order valence-electron chi connectivity index (χ1n) is 7.83. The second kappa shape index (κ2) is 8.18. The van der Waals surface area contributed by atoms with Crippen molar-refractivity contribution in [2.24, 2.45) is 0 Å². The number of piperidine rings is 1. The van der Waals surface area contributed by atoms with Gasteiger partial charge in [-0.1, -0.05) is 30.3 Å². The second-order valence-electron chi connectivity index (χ2n) is 5.77. The lowest BCUT2D eigenvalue weighted by atomic mass is 10.1. The highest BCUT2D eigenvalue weighted by Crippen LogP contribution is 2.20. The molecule has 1 heterocycles. The van der Waals surface area contributed by atoms with Crippen LogP contribution in [0, 0.1) is 0 Å². The predicted molar refractivity (Wildman–Crippen MR) is 95.4 cm³/mol. The van der Waals surface area contributed by atoms with Crippen molar-refractivity contribution in [2.75, 3.05) is 26.7 Å². The van der Waals surface area contributed by atoms with Gasteiger partial charge in [0.15, 0.2) is 6.61 Å². The fourth-order valence-electron chi connectivity index (χ4n) is 2.93. The predicted octanol–water partition coefficient (Wildman–Crippen LogP) is 2.85. The van der Waals surface area contributed by atoms with Crippen molar-refractivity contribution in [2.45, 2.75) is 18.9 Å². The van der Waals surface area contributed by atoms with E-state index >= 15 is 0 Å². The molecule has 23 heavy (non-hydrogen) atoms. The number of ether oxygens (including phenoxy) is 1. The van der Waals surface area contributed by atoms with Gasteiger partial charge in [0, 0.05) is 19.1 Å². The first-order valence-corrected chi connectivity index (χ1v) is 7.83. The van der Waals surface area contributed by atoms with Crippen molar-refractivity contribution in [3.63, 3.8) is 0 Å². The molecule has 1 amide bonds. The zero-order valence-corrected chi connectivity index (χ0v) is 14.1. The van der Waals surface area contributed by atoms with Crippen LogP contribution in [0.4, 0.5) is 0 Å².